The van der Waals surface area contributed by atoms with Gasteiger partial charge in [0, 0.05) is 24.4 Å². The number of hydrogen-bond acceptors (Lipinski definition) is 4. The normalized spacial score (nSPS) is 16.3. The maximum atomic E-state index is 12.7. The van der Waals surface area contributed by atoms with Crippen LogP contribution in [0.25, 0.3) is 0 Å². The largest absolute Gasteiger partial charge is 0.376 e. The number of ether oxygens (including phenoxy) is 1. The highest BCUT2D eigenvalue weighted by Gasteiger charge is 2.18. The van der Waals surface area contributed by atoms with Gasteiger partial charge >= 0.3 is 0 Å². The number of rotatable bonds is 8. The van der Waals surface area contributed by atoms with Crippen molar-refractivity contribution in [1.82, 2.24) is 10.6 Å². The van der Waals surface area contributed by atoms with Crippen LogP contribution in [0.15, 0.2) is 48.5 Å². The van der Waals surface area contributed by atoms with Crippen LogP contribution >= 0.6 is 12.2 Å². The first kappa shape index (κ1) is 24.9. The van der Waals surface area contributed by atoms with Crippen LogP contribution in [-0.2, 0) is 16.0 Å². The SMILES string of the molecule is CC(C)Cc1ccc(C(C)C(=O)NC(=S)Nc2cccc(C(=O)NCC3CCCO3)c2)cc1. The highest BCUT2D eigenvalue weighted by Crippen LogP contribution is 2.18. The molecule has 176 valence electrons. The first-order valence-electron chi connectivity index (χ1n) is 11.5. The summed E-state index contributed by atoms with van der Waals surface area (Å²) in [6, 6.07) is 15.2. The summed E-state index contributed by atoms with van der Waals surface area (Å²) in [6.07, 6.45) is 3.11. The summed E-state index contributed by atoms with van der Waals surface area (Å²) >= 11 is 5.32. The molecule has 1 fully saturated rings. The molecule has 3 rings (SSSR count). The van der Waals surface area contributed by atoms with E-state index in [0.717, 1.165) is 31.4 Å². The average Bonchev–Trinajstić information content (AvgIpc) is 3.31. The number of thiocarbonyl (C=S) groups is 1. The van der Waals surface area contributed by atoms with Gasteiger partial charge in [-0.25, -0.2) is 0 Å². The predicted molar refractivity (Wildman–Crippen MR) is 136 cm³/mol. The number of anilines is 1. The van der Waals surface area contributed by atoms with Crippen molar-refractivity contribution in [3.63, 3.8) is 0 Å². The smallest absolute Gasteiger partial charge is 0.251 e. The summed E-state index contributed by atoms with van der Waals surface area (Å²) in [4.78, 5) is 25.1. The molecule has 3 N–H and O–H groups in total. The van der Waals surface area contributed by atoms with Crippen molar-refractivity contribution in [3.05, 3.63) is 65.2 Å². The summed E-state index contributed by atoms with van der Waals surface area (Å²) in [6.45, 7) is 7.48. The second-order valence-corrected chi connectivity index (χ2v) is 9.34. The van der Waals surface area contributed by atoms with Crippen LogP contribution in [0.5, 0.6) is 0 Å². The Morgan fingerprint density at radius 1 is 1.12 bits per heavy atom. The summed E-state index contributed by atoms with van der Waals surface area (Å²) in [5.41, 5.74) is 3.35. The van der Waals surface area contributed by atoms with E-state index in [2.05, 4.69) is 41.9 Å². The maximum Gasteiger partial charge on any atom is 0.251 e. The molecule has 0 aromatic heterocycles. The lowest BCUT2D eigenvalue weighted by Crippen LogP contribution is -2.36. The van der Waals surface area contributed by atoms with Crippen molar-refractivity contribution in [2.24, 2.45) is 5.92 Å². The van der Waals surface area contributed by atoms with Crippen LogP contribution in [0, 0.1) is 5.92 Å². The zero-order chi connectivity index (χ0) is 23.8. The monoisotopic (exact) mass is 467 g/mol. The Morgan fingerprint density at radius 2 is 1.88 bits per heavy atom. The van der Waals surface area contributed by atoms with Crippen LogP contribution in [0.3, 0.4) is 0 Å². The average molecular weight is 468 g/mol. The van der Waals surface area contributed by atoms with E-state index >= 15 is 0 Å². The fourth-order valence-electron chi connectivity index (χ4n) is 3.80. The molecule has 2 atom stereocenters. The van der Waals surface area contributed by atoms with Gasteiger partial charge in [-0.2, -0.15) is 0 Å². The van der Waals surface area contributed by atoms with Crippen molar-refractivity contribution in [2.45, 2.75) is 52.1 Å². The molecule has 0 bridgehead atoms. The van der Waals surface area contributed by atoms with Crippen molar-refractivity contribution in [3.8, 4) is 0 Å². The molecule has 1 aliphatic rings. The Labute approximate surface area is 201 Å². The van der Waals surface area contributed by atoms with Crippen LogP contribution in [0.2, 0.25) is 0 Å². The van der Waals surface area contributed by atoms with Gasteiger partial charge in [0.15, 0.2) is 5.11 Å². The fourth-order valence-corrected chi connectivity index (χ4v) is 4.02. The molecule has 7 heteroatoms. The molecular weight excluding hydrogens is 434 g/mol. The highest BCUT2D eigenvalue weighted by atomic mass is 32.1. The number of benzene rings is 2. The molecule has 2 aromatic rings. The number of hydrogen-bond donors (Lipinski definition) is 3. The first-order chi connectivity index (χ1) is 15.8. The molecule has 2 amide bonds. The van der Waals surface area contributed by atoms with E-state index in [1.165, 1.54) is 5.56 Å². The Bertz CT molecular complexity index is 969. The second kappa shape index (κ2) is 11.9. The molecule has 1 saturated heterocycles. The van der Waals surface area contributed by atoms with Crippen molar-refractivity contribution in [1.29, 1.82) is 0 Å². The minimum absolute atomic E-state index is 0.0893. The predicted octanol–water partition coefficient (Wildman–Crippen LogP) is 4.41. The van der Waals surface area contributed by atoms with Gasteiger partial charge in [0.05, 0.1) is 12.0 Å². The number of amides is 2. The Hall–Kier alpha value is -2.77. The number of nitrogens with one attached hydrogen (secondary N) is 3. The number of carbonyl (C=O) groups is 2. The van der Waals surface area contributed by atoms with E-state index in [0.29, 0.717) is 23.7 Å². The van der Waals surface area contributed by atoms with E-state index in [1.54, 1.807) is 24.3 Å². The van der Waals surface area contributed by atoms with E-state index < -0.39 is 0 Å². The van der Waals surface area contributed by atoms with Crippen LogP contribution in [-0.4, -0.2) is 36.2 Å². The second-order valence-electron chi connectivity index (χ2n) is 8.93. The van der Waals surface area contributed by atoms with Gasteiger partial charge in [-0.05, 0) is 73.6 Å². The lowest BCUT2D eigenvalue weighted by atomic mass is 9.96. The molecular formula is C26H33N3O3S. The molecule has 6 nitrogen and oxygen atoms in total. The molecule has 2 unspecified atom stereocenters. The summed E-state index contributed by atoms with van der Waals surface area (Å²) < 4.78 is 5.54. The zero-order valence-corrected chi connectivity index (χ0v) is 20.3. The summed E-state index contributed by atoms with van der Waals surface area (Å²) in [5.74, 6) is -0.105. The van der Waals surface area contributed by atoms with Crippen LogP contribution < -0.4 is 16.0 Å². The highest BCUT2D eigenvalue weighted by molar-refractivity contribution is 7.80. The summed E-state index contributed by atoms with van der Waals surface area (Å²) in [7, 11) is 0. The molecule has 0 spiro atoms. The third kappa shape index (κ3) is 7.65. The van der Waals surface area contributed by atoms with Gasteiger partial charge in [0.25, 0.3) is 5.91 Å². The van der Waals surface area contributed by atoms with E-state index in [1.807, 2.05) is 19.1 Å². The molecule has 2 aromatic carbocycles. The summed E-state index contributed by atoms with van der Waals surface area (Å²) in [5, 5.41) is 8.85. The fraction of sp³-hybridized carbons (Fsp3) is 0.423. The molecule has 33 heavy (non-hydrogen) atoms. The third-order valence-corrected chi connectivity index (χ3v) is 5.85. The van der Waals surface area contributed by atoms with Gasteiger partial charge in [0.2, 0.25) is 5.91 Å². The minimum atomic E-state index is -0.340. The van der Waals surface area contributed by atoms with Crippen molar-refractivity contribution in [2.75, 3.05) is 18.5 Å². The molecule has 0 aliphatic carbocycles. The van der Waals surface area contributed by atoms with Gasteiger partial charge in [0.1, 0.15) is 0 Å². The number of carbonyl (C=O) groups excluding carboxylic acids is 2. The maximum absolute atomic E-state index is 12.7. The Morgan fingerprint density at radius 3 is 2.55 bits per heavy atom. The van der Waals surface area contributed by atoms with Gasteiger partial charge < -0.3 is 20.7 Å². The standard InChI is InChI=1S/C26H33N3O3S/c1-17(2)14-19-9-11-20(12-10-19)18(3)24(30)29-26(33)28-22-7-4-6-21(15-22)25(31)27-16-23-8-5-13-32-23/h4,6-7,9-12,15,17-18,23H,5,8,13-14,16H2,1-3H3,(H,27,31)(H2,28,29,30,33). The van der Waals surface area contributed by atoms with Gasteiger partial charge in [-0.15, -0.1) is 0 Å². The molecule has 1 heterocycles. The van der Waals surface area contributed by atoms with E-state index in [-0.39, 0.29) is 28.9 Å². The lowest BCUT2D eigenvalue weighted by molar-refractivity contribution is -0.120. The van der Waals surface area contributed by atoms with Crippen molar-refractivity contribution < 1.29 is 14.3 Å². The molecule has 1 aliphatic heterocycles. The molecule has 0 radical (unpaired) electrons. The van der Waals surface area contributed by atoms with E-state index in [9.17, 15) is 9.59 Å². The first-order valence-corrected chi connectivity index (χ1v) is 11.9. The Kier molecular flexibility index (Phi) is 8.97. The zero-order valence-electron chi connectivity index (χ0n) is 19.5. The van der Waals surface area contributed by atoms with Crippen LogP contribution in [0.4, 0.5) is 5.69 Å². The third-order valence-electron chi connectivity index (χ3n) is 5.65. The quantitative estimate of drug-likeness (QED) is 0.501. The van der Waals surface area contributed by atoms with E-state index in [4.69, 9.17) is 17.0 Å². The van der Waals surface area contributed by atoms with Gasteiger partial charge in [-0.1, -0.05) is 44.2 Å². The van der Waals surface area contributed by atoms with Crippen LogP contribution in [0.1, 0.15) is 61.0 Å². The topological polar surface area (TPSA) is 79.5 Å². The van der Waals surface area contributed by atoms with Gasteiger partial charge in [-0.3, -0.25) is 9.59 Å². The molecule has 0 saturated carbocycles. The minimum Gasteiger partial charge on any atom is -0.376 e. The van der Waals surface area contributed by atoms with Crippen molar-refractivity contribution >= 4 is 34.8 Å². The lowest BCUT2D eigenvalue weighted by Gasteiger charge is -2.15. The Balaban J connectivity index is 1.51.